The standard InChI is InChI=1S/C5H7NO3.Rb/c7-4-3(5(8)9)1-2-6-4;/h3H,1-2H2,(H2,6,7,8,9);/q;+1/p-1. The Kier molecular flexibility index (Phi) is 4.93. The van der Waals surface area contributed by atoms with Gasteiger partial charge in [0.1, 0.15) is 0 Å². The fourth-order valence-corrected chi connectivity index (χ4v) is 0.767. The van der Waals surface area contributed by atoms with E-state index >= 15 is 0 Å². The second-order valence-corrected chi connectivity index (χ2v) is 1.90. The van der Waals surface area contributed by atoms with E-state index in [9.17, 15) is 9.59 Å². The first kappa shape index (κ1) is 10.7. The predicted octanol–water partition coefficient (Wildman–Crippen LogP) is -3.00. The third-order valence-corrected chi connectivity index (χ3v) is 1.28. The molecule has 0 aromatic carbocycles. The largest absolute Gasteiger partial charge is 1.00 e. The molecule has 1 unspecified atom stereocenters. The van der Waals surface area contributed by atoms with E-state index in [2.05, 4.69) is 5.32 Å². The normalized spacial score (nSPS) is 23.2. The van der Waals surface area contributed by atoms with Gasteiger partial charge in [-0.05, 0) is 0 Å². The summed E-state index contributed by atoms with van der Waals surface area (Å²) < 4.78 is 0. The summed E-state index contributed by atoms with van der Waals surface area (Å²) in [4.78, 5) is 20.6. The Labute approximate surface area is 107 Å². The molecule has 1 saturated heterocycles. The zero-order valence-electron chi connectivity index (χ0n) is 5.70. The summed E-state index contributed by atoms with van der Waals surface area (Å²) in [5.41, 5.74) is 0. The molecule has 0 aromatic heterocycles. The van der Waals surface area contributed by atoms with Crippen molar-refractivity contribution in [1.29, 1.82) is 0 Å². The molecule has 0 bridgehead atoms. The van der Waals surface area contributed by atoms with Gasteiger partial charge >= 0.3 is 64.2 Å². The van der Waals surface area contributed by atoms with E-state index in [0.29, 0.717) is 13.0 Å². The van der Waals surface area contributed by atoms with Gasteiger partial charge in [0.05, 0.1) is 11.8 Å². The number of hydrogen-bond donors (Lipinski definition) is 1. The van der Waals surface area contributed by atoms with E-state index in [4.69, 9.17) is 5.11 Å². The quantitative estimate of drug-likeness (QED) is 0.472. The summed E-state index contributed by atoms with van der Waals surface area (Å²) in [5, 5.41) is 11.7. The second-order valence-electron chi connectivity index (χ2n) is 1.90. The van der Waals surface area contributed by atoms with Crippen LogP contribution in [0.5, 0.6) is 0 Å². The van der Waals surface area contributed by atoms with Crippen LogP contribution in [0.15, 0.2) is 0 Å². The molecule has 1 aliphatic rings. The van der Waals surface area contributed by atoms with Crippen molar-refractivity contribution < 1.29 is 72.9 Å². The van der Waals surface area contributed by atoms with E-state index in [1.807, 2.05) is 0 Å². The minimum Gasteiger partial charge on any atom is -0.653 e. The molecule has 4 nitrogen and oxygen atoms in total. The molecule has 1 amide bonds. The van der Waals surface area contributed by atoms with E-state index in [-0.39, 0.29) is 58.2 Å². The minimum absolute atomic E-state index is 0. The molecule has 0 saturated carbocycles. The molecule has 5 heteroatoms. The van der Waals surface area contributed by atoms with Crippen molar-refractivity contribution in [2.24, 2.45) is 5.92 Å². The first-order valence-corrected chi connectivity index (χ1v) is 2.66. The molecule has 1 aliphatic heterocycles. The third kappa shape index (κ3) is 2.41. The Hall–Kier alpha value is 0.745. The van der Waals surface area contributed by atoms with Crippen molar-refractivity contribution in [2.45, 2.75) is 6.42 Å². The molecular formula is C5H6NO3Rb. The van der Waals surface area contributed by atoms with Crippen molar-refractivity contribution in [1.82, 2.24) is 0 Å². The fourth-order valence-electron chi connectivity index (χ4n) is 0.767. The molecule has 1 N–H and O–H groups in total. The number of carboxylic acids is 1. The van der Waals surface area contributed by atoms with Gasteiger partial charge in [0, 0.05) is 0 Å². The summed E-state index contributed by atoms with van der Waals surface area (Å²) >= 11 is 0. The maximum atomic E-state index is 10.5. The number of amides is 1. The van der Waals surface area contributed by atoms with Crippen molar-refractivity contribution >= 4 is 11.9 Å². The monoisotopic (exact) mass is 213 g/mol. The van der Waals surface area contributed by atoms with Gasteiger partial charge < -0.3 is 15.2 Å². The Bertz CT molecular complexity index is 159. The van der Waals surface area contributed by atoms with Gasteiger partial charge in [-0.3, -0.25) is 4.79 Å². The zero-order chi connectivity index (χ0) is 6.85. The smallest absolute Gasteiger partial charge is 0.653 e. The molecule has 1 fully saturated rings. The van der Waals surface area contributed by atoms with Crippen LogP contribution in [0.1, 0.15) is 6.42 Å². The SMILES string of the molecule is O=C(O)C1CC[N-]C1=O.[Rb+]. The first-order chi connectivity index (χ1) is 4.22. The van der Waals surface area contributed by atoms with Crippen LogP contribution in [-0.2, 0) is 9.59 Å². The summed E-state index contributed by atoms with van der Waals surface area (Å²) in [6.07, 6.45) is 0.369. The van der Waals surface area contributed by atoms with Crippen LogP contribution < -0.4 is 58.2 Å². The van der Waals surface area contributed by atoms with Crippen LogP contribution >= 0.6 is 0 Å². The maximum Gasteiger partial charge on any atom is 1.00 e. The molecule has 1 atom stereocenters. The average molecular weight is 214 g/mol. The molecule has 0 radical (unpaired) electrons. The van der Waals surface area contributed by atoms with E-state index in [0.717, 1.165) is 0 Å². The molecule has 0 spiro atoms. The molecule has 0 aromatic rings. The molecule has 1 rings (SSSR count). The van der Waals surface area contributed by atoms with Crippen molar-refractivity contribution in [3.63, 3.8) is 0 Å². The van der Waals surface area contributed by atoms with Gasteiger partial charge in [0.2, 0.25) is 0 Å². The second kappa shape index (κ2) is 4.59. The Morgan fingerprint density at radius 3 is 2.50 bits per heavy atom. The van der Waals surface area contributed by atoms with Crippen LogP contribution in [0, 0.1) is 5.92 Å². The number of aliphatic carboxylic acids is 1. The Balaban J connectivity index is 0.000000810. The van der Waals surface area contributed by atoms with E-state index < -0.39 is 17.8 Å². The summed E-state index contributed by atoms with van der Waals surface area (Å²) in [7, 11) is 0. The first-order valence-electron chi connectivity index (χ1n) is 2.66. The topological polar surface area (TPSA) is 68.5 Å². The molecule has 50 valence electrons. The molecule has 1 heterocycles. The Morgan fingerprint density at radius 1 is 1.70 bits per heavy atom. The van der Waals surface area contributed by atoms with Crippen molar-refractivity contribution in [3.05, 3.63) is 5.32 Å². The summed E-state index contributed by atoms with van der Waals surface area (Å²) in [6.45, 7) is 0.371. The summed E-state index contributed by atoms with van der Waals surface area (Å²) in [6, 6.07) is 0. The predicted molar refractivity (Wildman–Crippen MR) is 29.0 cm³/mol. The van der Waals surface area contributed by atoms with Crippen molar-refractivity contribution in [3.8, 4) is 0 Å². The van der Waals surface area contributed by atoms with E-state index in [1.54, 1.807) is 0 Å². The van der Waals surface area contributed by atoms with Crippen LogP contribution in [0.25, 0.3) is 5.32 Å². The fraction of sp³-hybridized carbons (Fsp3) is 0.600. The molecule has 10 heavy (non-hydrogen) atoms. The zero-order valence-corrected chi connectivity index (χ0v) is 10.6. The van der Waals surface area contributed by atoms with E-state index in [1.165, 1.54) is 0 Å². The number of nitrogens with zero attached hydrogens (tertiary/aromatic N) is 1. The number of hydrogen-bond acceptors (Lipinski definition) is 2. The van der Waals surface area contributed by atoms with Gasteiger partial charge in [0.25, 0.3) is 0 Å². The number of carbonyl (C=O) groups is 2. The maximum absolute atomic E-state index is 10.5. The van der Waals surface area contributed by atoms with Gasteiger partial charge in [-0.15, -0.1) is 6.54 Å². The average Bonchev–Trinajstić information content (AvgIpc) is 2.13. The third-order valence-electron chi connectivity index (χ3n) is 1.28. The van der Waals surface area contributed by atoms with Crippen LogP contribution in [-0.4, -0.2) is 23.5 Å². The molecular weight excluding hydrogens is 208 g/mol. The van der Waals surface area contributed by atoms with Crippen LogP contribution in [0.4, 0.5) is 0 Å². The van der Waals surface area contributed by atoms with Gasteiger partial charge in [0.15, 0.2) is 0 Å². The van der Waals surface area contributed by atoms with Crippen LogP contribution in [0.3, 0.4) is 0 Å². The van der Waals surface area contributed by atoms with Crippen molar-refractivity contribution in [2.75, 3.05) is 6.54 Å². The van der Waals surface area contributed by atoms with Gasteiger partial charge in [-0.25, -0.2) is 0 Å². The minimum atomic E-state index is -1.05. The number of carboxylic acid groups (broad SMARTS) is 1. The number of rotatable bonds is 1. The number of carbonyl (C=O) groups excluding carboxylic acids is 1. The van der Waals surface area contributed by atoms with Gasteiger partial charge in [-0.2, -0.15) is 0 Å². The van der Waals surface area contributed by atoms with Gasteiger partial charge in [-0.1, -0.05) is 6.42 Å². The molecule has 0 aliphatic carbocycles. The van der Waals surface area contributed by atoms with Crippen LogP contribution in [0.2, 0.25) is 0 Å². The summed E-state index contributed by atoms with van der Waals surface area (Å²) in [5.74, 6) is -2.39. The Morgan fingerprint density at radius 2 is 2.30 bits per heavy atom.